The Hall–Kier alpha value is -2.42. The van der Waals surface area contributed by atoms with Crippen molar-refractivity contribution in [3.05, 3.63) is 36.8 Å². The second-order valence-electron chi connectivity index (χ2n) is 5.65. The van der Waals surface area contributed by atoms with E-state index in [9.17, 15) is 14.7 Å². The average Bonchev–Trinajstić information content (AvgIpc) is 3.09. The van der Waals surface area contributed by atoms with Crippen LogP contribution in [0, 0.1) is 0 Å². The molecule has 0 unspecified atom stereocenters. The summed E-state index contributed by atoms with van der Waals surface area (Å²) in [6.45, 7) is 0. The van der Waals surface area contributed by atoms with Crippen LogP contribution in [0.2, 0.25) is 0 Å². The quantitative estimate of drug-likeness (QED) is 0.834. The van der Waals surface area contributed by atoms with Crippen molar-refractivity contribution >= 4 is 23.6 Å². The second kappa shape index (κ2) is 7.00. The number of hydrogen-bond donors (Lipinski definition) is 2. The summed E-state index contributed by atoms with van der Waals surface area (Å²) in [5.74, 6) is 0.813. The first-order chi connectivity index (χ1) is 11.6. The van der Waals surface area contributed by atoms with Gasteiger partial charge in [-0.3, -0.25) is 19.1 Å². The Kier molecular flexibility index (Phi) is 4.79. The van der Waals surface area contributed by atoms with Crippen LogP contribution < -0.4 is 5.32 Å². The molecule has 0 atom stereocenters. The largest absolute Gasteiger partial charge is 0.481 e. The van der Waals surface area contributed by atoms with Crippen LogP contribution >= 0.6 is 11.8 Å². The van der Waals surface area contributed by atoms with Gasteiger partial charge in [-0.2, -0.15) is 11.8 Å². The summed E-state index contributed by atoms with van der Waals surface area (Å²) in [6, 6.07) is 0. The number of hydrogen-bond acceptors (Lipinski definition) is 6. The third-order valence-corrected chi connectivity index (χ3v) is 4.93. The highest BCUT2D eigenvalue weighted by Gasteiger charge is 2.36. The number of imidazole rings is 1. The van der Waals surface area contributed by atoms with Gasteiger partial charge in [-0.05, 0) is 24.3 Å². The van der Waals surface area contributed by atoms with Crippen molar-refractivity contribution in [2.24, 2.45) is 0 Å². The summed E-state index contributed by atoms with van der Waals surface area (Å²) in [6.07, 6.45) is 8.95. The molecule has 9 heteroatoms. The molecule has 0 aliphatic carbocycles. The van der Waals surface area contributed by atoms with E-state index >= 15 is 0 Å². The van der Waals surface area contributed by atoms with Crippen LogP contribution in [0.3, 0.4) is 0 Å². The highest BCUT2D eigenvalue weighted by molar-refractivity contribution is 7.99. The molecule has 0 aromatic carbocycles. The molecule has 0 radical (unpaired) electrons. The summed E-state index contributed by atoms with van der Waals surface area (Å²) in [4.78, 5) is 36.1. The normalized spacial score (nSPS) is 16.5. The molecule has 3 rings (SSSR count). The van der Waals surface area contributed by atoms with Gasteiger partial charge in [0.2, 0.25) is 0 Å². The first-order valence-corrected chi connectivity index (χ1v) is 8.66. The van der Waals surface area contributed by atoms with E-state index in [1.54, 1.807) is 35.0 Å². The molecule has 1 aliphatic heterocycles. The van der Waals surface area contributed by atoms with E-state index in [1.807, 2.05) is 0 Å². The first kappa shape index (κ1) is 16.4. The monoisotopic (exact) mass is 347 g/mol. The van der Waals surface area contributed by atoms with Crippen LogP contribution in [0.5, 0.6) is 0 Å². The molecule has 126 valence electrons. The molecule has 0 saturated carbocycles. The summed E-state index contributed by atoms with van der Waals surface area (Å²) in [5.41, 5.74) is -0.565. The second-order valence-corrected chi connectivity index (χ2v) is 6.87. The van der Waals surface area contributed by atoms with Gasteiger partial charge in [-0.15, -0.1) is 0 Å². The Labute approximate surface area is 142 Å². The van der Waals surface area contributed by atoms with Gasteiger partial charge in [-0.1, -0.05) is 0 Å². The van der Waals surface area contributed by atoms with Gasteiger partial charge in [0.1, 0.15) is 12.0 Å². The van der Waals surface area contributed by atoms with E-state index < -0.39 is 17.4 Å². The molecule has 3 heterocycles. The fourth-order valence-corrected chi connectivity index (χ4v) is 3.96. The molecular formula is C15H17N5O3S. The van der Waals surface area contributed by atoms with Crippen molar-refractivity contribution in [2.45, 2.75) is 24.8 Å². The van der Waals surface area contributed by atoms with Crippen molar-refractivity contribution in [3.63, 3.8) is 0 Å². The molecule has 24 heavy (non-hydrogen) atoms. The Balaban J connectivity index is 1.80. The molecule has 1 saturated heterocycles. The van der Waals surface area contributed by atoms with E-state index in [4.69, 9.17) is 0 Å². The van der Waals surface area contributed by atoms with Crippen molar-refractivity contribution in [1.29, 1.82) is 0 Å². The molecule has 2 aromatic rings. The number of thioether (sulfide) groups is 1. The number of carbonyl (C=O) groups excluding carboxylic acids is 1. The number of carboxylic acid groups (broad SMARTS) is 1. The topological polar surface area (TPSA) is 110 Å². The van der Waals surface area contributed by atoms with Crippen LogP contribution in [0.15, 0.2) is 31.1 Å². The van der Waals surface area contributed by atoms with Gasteiger partial charge in [0.05, 0.1) is 24.4 Å². The molecule has 0 bridgehead atoms. The number of aromatic nitrogens is 4. The maximum absolute atomic E-state index is 12.6. The Morgan fingerprint density at radius 2 is 2.08 bits per heavy atom. The predicted molar refractivity (Wildman–Crippen MR) is 88.2 cm³/mol. The maximum Gasteiger partial charge on any atom is 0.305 e. The van der Waals surface area contributed by atoms with Gasteiger partial charge in [0.25, 0.3) is 5.91 Å². The molecule has 1 fully saturated rings. The Bertz CT molecular complexity index is 728. The van der Waals surface area contributed by atoms with Gasteiger partial charge in [-0.25, -0.2) is 9.97 Å². The lowest BCUT2D eigenvalue weighted by Crippen LogP contribution is -2.52. The number of amides is 1. The van der Waals surface area contributed by atoms with E-state index in [0.717, 1.165) is 11.5 Å². The smallest absolute Gasteiger partial charge is 0.305 e. The third-order valence-electron chi connectivity index (χ3n) is 3.94. The number of rotatable bonds is 5. The van der Waals surface area contributed by atoms with Crippen LogP contribution in [-0.4, -0.2) is 53.5 Å². The van der Waals surface area contributed by atoms with Crippen LogP contribution in [0.1, 0.15) is 29.8 Å². The highest BCUT2D eigenvalue weighted by atomic mass is 32.2. The minimum atomic E-state index is -0.916. The lowest BCUT2D eigenvalue weighted by Gasteiger charge is -2.36. The molecule has 2 N–H and O–H groups in total. The van der Waals surface area contributed by atoms with Crippen LogP contribution in [0.25, 0.3) is 5.82 Å². The van der Waals surface area contributed by atoms with E-state index in [1.165, 1.54) is 12.4 Å². The molecule has 2 aromatic heterocycles. The van der Waals surface area contributed by atoms with Crippen LogP contribution in [0.4, 0.5) is 0 Å². The predicted octanol–water partition coefficient (Wildman–Crippen LogP) is 1.13. The molecule has 0 spiro atoms. The molecule has 8 nitrogen and oxygen atoms in total. The summed E-state index contributed by atoms with van der Waals surface area (Å²) < 4.78 is 1.65. The first-order valence-electron chi connectivity index (χ1n) is 7.50. The number of nitrogens with zero attached hydrogens (tertiary/aromatic N) is 4. The Morgan fingerprint density at radius 1 is 1.29 bits per heavy atom. The van der Waals surface area contributed by atoms with Crippen LogP contribution in [-0.2, 0) is 4.79 Å². The zero-order chi connectivity index (χ0) is 17.0. The maximum atomic E-state index is 12.6. The van der Waals surface area contributed by atoms with Gasteiger partial charge < -0.3 is 10.4 Å². The van der Waals surface area contributed by atoms with Crippen molar-refractivity contribution in [3.8, 4) is 5.82 Å². The lowest BCUT2D eigenvalue weighted by atomic mass is 9.88. The lowest BCUT2D eigenvalue weighted by molar-refractivity contribution is -0.138. The zero-order valence-corrected chi connectivity index (χ0v) is 13.7. The molecule has 1 amide bonds. The minimum absolute atomic E-state index is 0.0893. The number of nitrogens with one attached hydrogen (secondary N) is 1. The van der Waals surface area contributed by atoms with Crippen molar-refractivity contribution < 1.29 is 14.7 Å². The molecular weight excluding hydrogens is 330 g/mol. The third kappa shape index (κ3) is 3.73. The van der Waals surface area contributed by atoms with Gasteiger partial charge in [0, 0.05) is 12.4 Å². The number of carboxylic acids is 1. The standard InChI is InChI=1S/C15H17N5O3S/c21-13(22)7-15(1-5-24-6-2-15)19-14(23)11-8-17-9-12(18-11)20-4-3-16-10-20/h3-4,8-10H,1-2,5-7H2,(H,19,23)(H,21,22). The Morgan fingerprint density at radius 3 is 2.75 bits per heavy atom. The van der Waals surface area contributed by atoms with E-state index in [0.29, 0.717) is 18.7 Å². The fourth-order valence-electron chi connectivity index (χ4n) is 2.69. The van der Waals surface area contributed by atoms with E-state index in [2.05, 4.69) is 20.3 Å². The molecule has 1 aliphatic rings. The SMILES string of the molecule is O=C(O)CC1(NC(=O)c2cncc(-n3ccnc3)n2)CCSCC1. The number of aliphatic carboxylic acids is 1. The van der Waals surface area contributed by atoms with Gasteiger partial charge >= 0.3 is 5.97 Å². The average molecular weight is 347 g/mol. The summed E-state index contributed by atoms with van der Waals surface area (Å²) in [7, 11) is 0. The fraction of sp³-hybridized carbons (Fsp3) is 0.400. The van der Waals surface area contributed by atoms with Crippen molar-refractivity contribution in [1.82, 2.24) is 24.8 Å². The van der Waals surface area contributed by atoms with Crippen molar-refractivity contribution in [2.75, 3.05) is 11.5 Å². The highest BCUT2D eigenvalue weighted by Crippen LogP contribution is 2.30. The van der Waals surface area contributed by atoms with Gasteiger partial charge in [0.15, 0.2) is 5.82 Å². The summed E-state index contributed by atoms with van der Waals surface area (Å²) >= 11 is 1.77. The number of carbonyl (C=O) groups is 2. The zero-order valence-electron chi connectivity index (χ0n) is 12.9. The summed E-state index contributed by atoms with van der Waals surface area (Å²) in [5, 5.41) is 12.1. The van der Waals surface area contributed by atoms with E-state index in [-0.39, 0.29) is 12.1 Å². The minimum Gasteiger partial charge on any atom is -0.481 e.